The summed E-state index contributed by atoms with van der Waals surface area (Å²) in [5.74, 6) is 0.524. The van der Waals surface area contributed by atoms with Gasteiger partial charge in [0.05, 0.1) is 19.9 Å². The number of amides is 1. The van der Waals surface area contributed by atoms with Gasteiger partial charge in [-0.3, -0.25) is 9.78 Å². The molecule has 0 saturated carbocycles. The summed E-state index contributed by atoms with van der Waals surface area (Å²) in [6, 6.07) is 8.46. The fourth-order valence-electron chi connectivity index (χ4n) is 2.32. The number of pyridine rings is 1. The largest absolute Gasteiger partial charge is 0.497 e. The first kappa shape index (κ1) is 16.3. The second kappa shape index (κ2) is 6.91. The van der Waals surface area contributed by atoms with Crippen LogP contribution in [0.3, 0.4) is 0 Å². The highest BCUT2D eigenvalue weighted by Crippen LogP contribution is 2.32. The van der Waals surface area contributed by atoms with Gasteiger partial charge in [-0.2, -0.15) is 0 Å². The van der Waals surface area contributed by atoms with Gasteiger partial charge in [0.25, 0.3) is 5.91 Å². The number of rotatable bonds is 5. The van der Waals surface area contributed by atoms with Crippen LogP contribution in [0.15, 0.2) is 47.2 Å². The molecular formula is C17H16N4O4. The molecule has 0 aliphatic rings. The molecule has 3 N–H and O–H groups in total. The Morgan fingerprint density at radius 2 is 1.92 bits per heavy atom. The topological polar surface area (TPSA) is 112 Å². The first-order valence-electron chi connectivity index (χ1n) is 7.33. The van der Waals surface area contributed by atoms with Crippen molar-refractivity contribution in [2.45, 2.75) is 0 Å². The minimum atomic E-state index is -0.464. The quantitative estimate of drug-likeness (QED) is 0.734. The second-order valence-electron chi connectivity index (χ2n) is 5.03. The van der Waals surface area contributed by atoms with Gasteiger partial charge in [0.1, 0.15) is 22.8 Å². The van der Waals surface area contributed by atoms with Crippen molar-refractivity contribution in [3.63, 3.8) is 0 Å². The number of carbonyl (C=O) groups is 1. The summed E-state index contributed by atoms with van der Waals surface area (Å²) in [6.07, 6.45) is 3.18. The molecule has 0 fully saturated rings. The Morgan fingerprint density at radius 1 is 1.16 bits per heavy atom. The van der Waals surface area contributed by atoms with Crippen LogP contribution in [0.5, 0.6) is 11.5 Å². The van der Waals surface area contributed by atoms with Crippen LogP contribution < -0.4 is 20.5 Å². The van der Waals surface area contributed by atoms with Crippen LogP contribution in [0.1, 0.15) is 10.4 Å². The van der Waals surface area contributed by atoms with E-state index in [9.17, 15) is 4.79 Å². The fourth-order valence-corrected chi connectivity index (χ4v) is 2.32. The molecule has 1 amide bonds. The lowest BCUT2D eigenvalue weighted by molar-refractivity contribution is 0.102. The Kier molecular flexibility index (Phi) is 4.51. The van der Waals surface area contributed by atoms with Crippen LogP contribution >= 0.6 is 0 Å². The van der Waals surface area contributed by atoms with Crippen LogP contribution in [0.4, 0.5) is 11.6 Å². The molecule has 0 radical (unpaired) electrons. The highest BCUT2D eigenvalue weighted by molar-refractivity contribution is 6.11. The molecule has 3 aromatic rings. The standard InChI is InChI=1S/C17H16N4O4/c1-23-11-3-4-12(13(9-11)24-2)20-17(22)14-15(21-25-16(14)18)10-5-7-19-8-6-10/h3-9H,18H2,1-2H3,(H,20,22). The van der Waals surface area contributed by atoms with Crippen LogP contribution in [0.25, 0.3) is 11.3 Å². The molecule has 0 atom stereocenters. The summed E-state index contributed by atoms with van der Waals surface area (Å²) in [5.41, 5.74) is 7.41. The van der Waals surface area contributed by atoms with E-state index in [4.69, 9.17) is 19.7 Å². The first-order valence-corrected chi connectivity index (χ1v) is 7.33. The molecule has 2 heterocycles. The summed E-state index contributed by atoms with van der Waals surface area (Å²) in [4.78, 5) is 16.7. The maximum absolute atomic E-state index is 12.7. The van der Waals surface area contributed by atoms with Crippen molar-refractivity contribution in [2.24, 2.45) is 0 Å². The van der Waals surface area contributed by atoms with E-state index in [0.29, 0.717) is 28.4 Å². The third kappa shape index (κ3) is 3.23. The van der Waals surface area contributed by atoms with Crippen LogP contribution in [0.2, 0.25) is 0 Å². The van der Waals surface area contributed by atoms with Gasteiger partial charge >= 0.3 is 0 Å². The number of nitrogen functional groups attached to an aromatic ring is 1. The Bertz CT molecular complexity index is 893. The zero-order valence-corrected chi connectivity index (χ0v) is 13.6. The maximum atomic E-state index is 12.7. The van der Waals surface area contributed by atoms with Crippen molar-refractivity contribution < 1.29 is 18.8 Å². The number of nitrogens with zero attached hydrogens (tertiary/aromatic N) is 2. The van der Waals surface area contributed by atoms with Crippen LogP contribution in [0, 0.1) is 0 Å². The lowest BCUT2D eigenvalue weighted by Gasteiger charge is -2.11. The van der Waals surface area contributed by atoms with E-state index in [-0.39, 0.29) is 11.4 Å². The third-order valence-electron chi connectivity index (χ3n) is 3.56. The lowest BCUT2D eigenvalue weighted by atomic mass is 10.1. The molecule has 25 heavy (non-hydrogen) atoms. The van der Waals surface area contributed by atoms with Gasteiger partial charge in [-0.15, -0.1) is 0 Å². The van der Waals surface area contributed by atoms with Gasteiger partial charge in [-0.25, -0.2) is 0 Å². The number of hydrogen-bond donors (Lipinski definition) is 2. The van der Waals surface area contributed by atoms with E-state index in [1.165, 1.54) is 7.11 Å². The third-order valence-corrected chi connectivity index (χ3v) is 3.56. The van der Waals surface area contributed by atoms with Crippen molar-refractivity contribution in [3.05, 3.63) is 48.3 Å². The minimum Gasteiger partial charge on any atom is -0.497 e. The van der Waals surface area contributed by atoms with E-state index in [0.717, 1.165) is 0 Å². The molecule has 0 aliphatic carbocycles. The van der Waals surface area contributed by atoms with Crippen LogP contribution in [-0.4, -0.2) is 30.3 Å². The Morgan fingerprint density at radius 3 is 2.60 bits per heavy atom. The van der Waals surface area contributed by atoms with Gasteiger partial charge in [0.2, 0.25) is 5.88 Å². The highest BCUT2D eigenvalue weighted by Gasteiger charge is 2.23. The Balaban J connectivity index is 1.94. The number of carbonyl (C=O) groups excluding carboxylic acids is 1. The molecule has 8 nitrogen and oxygen atoms in total. The number of methoxy groups -OCH3 is 2. The molecule has 1 aromatic carbocycles. The number of nitrogens with two attached hydrogens (primary N) is 1. The average Bonchev–Trinajstić information content (AvgIpc) is 3.04. The first-order chi connectivity index (χ1) is 12.1. The SMILES string of the molecule is COc1ccc(NC(=O)c2c(-c3ccncc3)noc2N)c(OC)c1. The summed E-state index contributed by atoms with van der Waals surface area (Å²) in [6.45, 7) is 0. The number of ether oxygens (including phenoxy) is 2. The van der Waals surface area contributed by atoms with Gasteiger partial charge in [-0.05, 0) is 24.3 Å². The molecule has 0 bridgehead atoms. The number of anilines is 2. The van der Waals surface area contributed by atoms with E-state index in [1.54, 1.807) is 49.8 Å². The summed E-state index contributed by atoms with van der Waals surface area (Å²) < 4.78 is 15.4. The van der Waals surface area contributed by atoms with Gasteiger partial charge < -0.3 is 25.0 Å². The molecule has 8 heteroatoms. The van der Waals surface area contributed by atoms with E-state index < -0.39 is 5.91 Å². The van der Waals surface area contributed by atoms with Crippen molar-refractivity contribution in [3.8, 4) is 22.8 Å². The van der Waals surface area contributed by atoms with E-state index >= 15 is 0 Å². The monoisotopic (exact) mass is 340 g/mol. The molecule has 0 unspecified atom stereocenters. The lowest BCUT2D eigenvalue weighted by Crippen LogP contribution is -2.14. The van der Waals surface area contributed by atoms with Crippen LogP contribution in [-0.2, 0) is 0 Å². The van der Waals surface area contributed by atoms with Gasteiger partial charge in [-0.1, -0.05) is 5.16 Å². The Labute approximate surface area is 143 Å². The summed E-state index contributed by atoms with van der Waals surface area (Å²) in [5, 5.41) is 6.63. The zero-order chi connectivity index (χ0) is 17.8. The maximum Gasteiger partial charge on any atom is 0.263 e. The van der Waals surface area contributed by atoms with Crippen molar-refractivity contribution in [1.82, 2.24) is 10.1 Å². The average molecular weight is 340 g/mol. The second-order valence-corrected chi connectivity index (χ2v) is 5.03. The van der Waals surface area contributed by atoms with Gasteiger partial charge in [0.15, 0.2) is 0 Å². The molecule has 128 valence electrons. The molecular weight excluding hydrogens is 324 g/mol. The number of nitrogens with one attached hydrogen (secondary N) is 1. The summed E-state index contributed by atoms with van der Waals surface area (Å²) >= 11 is 0. The zero-order valence-electron chi connectivity index (χ0n) is 13.6. The predicted molar refractivity (Wildman–Crippen MR) is 91.6 cm³/mol. The van der Waals surface area contributed by atoms with Crippen molar-refractivity contribution in [2.75, 3.05) is 25.3 Å². The smallest absolute Gasteiger partial charge is 0.263 e. The molecule has 2 aromatic heterocycles. The molecule has 0 aliphatic heterocycles. The molecule has 0 spiro atoms. The van der Waals surface area contributed by atoms with E-state index in [2.05, 4.69) is 15.5 Å². The fraction of sp³-hybridized carbons (Fsp3) is 0.118. The highest BCUT2D eigenvalue weighted by atomic mass is 16.5. The number of benzene rings is 1. The van der Waals surface area contributed by atoms with Crippen molar-refractivity contribution >= 4 is 17.5 Å². The number of aromatic nitrogens is 2. The normalized spacial score (nSPS) is 10.3. The molecule has 3 rings (SSSR count). The minimum absolute atomic E-state index is 0.0724. The van der Waals surface area contributed by atoms with Crippen molar-refractivity contribution in [1.29, 1.82) is 0 Å². The predicted octanol–water partition coefficient (Wildman–Crippen LogP) is 2.59. The summed E-state index contributed by atoms with van der Waals surface area (Å²) in [7, 11) is 3.05. The van der Waals surface area contributed by atoms with E-state index in [1.807, 2.05) is 0 Å². The number of hydrogen-bond acceptors (Lipinski definition) is 7. The Hall–Kier alpha value is -3.55. The van der Waals surface area contributed by atoms with Gasteiger partial charge in [0, 0.05) is 24.0 Å². The molecule has 0 saturated heterocycles.